The van der Waals surface area contributed by atoms with Crippen LogP contribution < -0.4 is 10.1 Å². The van der Waals surface area contributed by atoms with Crippen molar-refractivity contribution in [1.29, 1.82) is 0 Å². The average molecular weight is 501 g/mol. The first kappa shape index (κ1) is 24.4. The molecule has 2 aliphatic heterocycles. The predicted octanol–water partition coefficient (Wildman–Crippen LogP) is 2.34. The quantitative estimate of drug-likeness (QED) is 0.393. The van der Waals surface area contributed by atoms with Gasteiger partial charge < -0.3 is 24.3 Å². The van der Waals surface area contributed by atoms with Crippen LogP contribution in [0.1, 0.15) is 35.7 Å². The summed E-state index contributed by atoms with van der Waals surface area (Å²) in [6.45, 7) is 3.20. The summed E-state index contributed by atoms with van der Waals surface area (Å²) >= 11 is 1.28. The van der Waals surface area contributed by atoms with Crippen molar-refractivity contribution in [3.05, 3.63) is 64.8 Å². The van der Waals surface area contributed by atoms with Gasteiger partial charge >= 0.3 is 11.9 Å². The van der Waals surface area contributed by atoms with E-state index < -0.39 is 35.2 Å². The van der Waals surface area contributed by atoms with Crippen molar-refractivity contribution in [3.63, 3.8) is 0 Å². The summed E-state index contributed by atoms with van der Waals surface area (Å²) in [5, 5.41) is 11.6. The molecule has 2 N–H and O–H groups in total. The third kappa shape index (κ3) is 5.19. The van der Waals surface area contributed by atoms with Crippen LogP contribution in [0.3, 0.4) is 0 Å². The van der Waals surface area contributed by atoms with Crippen LogP contribution >= 0.6 is 11.8 Å². The number of hydrogen-bond acceptors (Lipinski definition) is 8. The summed E-state index contributed by atoms with van der Waals surface area (Å²) in [6.07, 6.45) is 0.931. The molecule has 35 heavy (non-hydrogen) atoms. The van der Waals surface area contributed by atoms with Gasteiger partial charge in [-0.3, -0.25) is 19.3 Å². The van der Waals surface area contributed by atoms with E-state index in [0.29, 0.717) is 17.1 Å². The van der Waals surface area contributed by atoms with E-state index in [1.54, 1.807) is 6.07 Å². The number of carbonyl (C=O) groups is 4. The molecule has 0 aliphatic carbocycles. The number of furan rings is 1. The first-order valence-corrected chi connectivity index (χ1v) is 12.0. The van der Waals surface area contributed by atoms with Gasteiger partial charge in [0.2, 0.25) is 0 Å². The second-order valence-corrected chi connectivity index (χ2v) is 9.06. The van der Waals surface area contributed by atoms with Gasteiger partial charge in [-0.25, -0.2) is 4.79 Å². The number of aryl methyl sites for hydroxylation is 1. The maximum absolute atomic E-state index is 12.7. The molecular weight excluding hydrogens is 476 g/mol. The number of carboxylic acids is 1. The van der Waals surface area contributed by atoms with E-state index in [1.165, 1.54) is 30.3 Å². The van der Waals surface area contributed by atoms with Gasteiger partial charge in [-0.2, -0.15) is 0 Å². The van der Waals surface area contributed by atoms with Crippen LogP contribution in [-0.2, 0) is 32.1 Å². The highest BCUT2D eigenvalue weighted by atomic mass is 32.2. The van der Waals surface area contributed by atoms with Crippen molar-refractivity contribution in [2.75, 3.05) is 12.4 Å². The lowest BCUT2D eigenvalue weighted by atomic mass is 10.0. The minimum absolute atomic E-state index is 0.0153. The molecule has 184 valence electrons. The maximum Gasteiger partial charge on any atom is 0.352 e. The number of amides is 2. The molecule has 3 heterocycles. The molecule has 0 spiro atoms. The average Bonchev–Trinajstić information content (AvgIpc) is 3.33. The van der Waals surface area contributed by atoms with E-state index >= 15 is 0 Å². The summed E-state index contributed by atoms with van der Waals surface area (Å²) in [7, 11) is 0. The summed E-state index contributed by atoms with van der Waals surface area (Å²) in [5.74, 6) is -1.61. The molecule has 2 amide bonds. The molecule has 0 unspecified atom stereocenters. The maximum atomic E-state index is 12.7. The monoisotopic (exact) mass is 500 g/mol. The first-order chi connectivity index (χ1) is 16.8. The van der Waals surface area contributed by atoms with Crippen LogP contribution in [0.2, 0.25) is 0 Å². The van der Waals surface area contributed by atoms with Crippen molar-refractivity contribution in [2.24, 2.45) is 0 Å². The molecule has 1 aromatic heterocycles. The van der Waals surface area contributed by atoms with Crippen LogP contribution in [0.25, 0.3) is 0 Å². The molecule has 1 saturated heterocycles. The summed E-state index contributed by atoms with van der Waals surface area (Å²) < 4.78 is 16.2. The number of carbonyl (C=O) groups excluding carboxylic acids is 3. The number of aliphatic carboxylic acids is 1. The zero-order valence-electron chi connectivity index (χ0n) is 19.1. The number of benzene rings is 1. The largest absolute Gasteiger partial charge is 0.486 e. The third-order valence-electron chi connectivity index (χ3n) is 5.58. The lowest BCUT2D eigenvalue weighted by Gasteiger charge is -2.49. The fraction of sp³-hybridized carbons (Fsp3) is 0.333. The molecule has 2 aromatic rings. The molecule has 0 bridgehead atoms. The number of β-lactam (4-membered cyclic amide) rings is 1. The van der Waals surface area contributed by atoms with Gasteiger partial charge in [0.15, 0.2) is 5.76 Å². The van der Waals surface area contributed by atoms with Crippen LogP contribution in [-0.4, -0.2) is 57.5 Å². The highest BCUT2D eigenvalue weighted by Gasteiger charge is 2.54. The zero-order chi connectivity index (χ0) is 25.1. The number of ether oxygens (including phenoxy) is 2. The first-order valence-electron chi connectivity index (χ1n) is 10.9. The number of thioether (sulfide) groups is 1. The normalized spacial score (nSPS) is 19.0. The zero-order valence-corrected chi connectivity index (χ0v) is 19.9. The van der Waals surface area contributed by atoms with E-state index in [0.717, 1.165) is 11.3 Å². The van der Waals surface area contributed by atoms with E-state index in [4.69, 9.17) is 13.9 Å². The van der Waals surface area contributed by atoms with Crippen molar-refractivity contribution in [3.8, 4) is 5.75 Å². The Balaban J connectivity index is 1.36. The lowest BCUT2D eigenvalue weighted by Crippen LogP contribution is -2.70. The third-order valence-corrected chi connectivity index (χ3v) is 6.92. The smallest absolute Gasteiger partial charge is 0.352 e. The van der Waals surface area contributed by atoms with Gasteiger partial charge in [0.05, 0.1) is 0 Å². The van der Waals surface area contributed by atoms with E-state index in [-0.39, 0.29) is 30.4 Å². The Bertz CT molecular complexity index is 1190. The fourth-order valence-electron chi connectivity index (χ4n) is 3.75. The summed E-state index contributed by atoms with van der Waals surface area (Å²) in [4.78, 5) is 49.4. The molecule has 0 radical (unpaired) electrons. The SMILES string of the molecule is CCc1ccc(OCc2ccc(C(=O)N[C@@H]3C(=O)N4C(C(=O)O)=C(COC(C)=O)CS[C@H]34)o2)cc1. The lowest BCUT2D eigenvalue weighted by molar-refractivity contribution is -0.149. The second-order valence-electron chi connectivity index (χ2n) is 7.95. The van der Waals surface area contributed by atoms with Gasteiger partial charge in [-0.05, 0) is 36.2 Å². The summed E-state index contributed by atoms with van der Waals surface area (Å²) in [5.41, 5.74) is 1.31. The number of carboxylic acid groups (broad SMARTS) is 1. The van der Waals surface area contributed by atoms with Gasteiger partial charge in [-0.15, -0.1) is 11.8 Å². The van der Waals surface area contributed by atoms with Crippen LogP contribution in [0.4, 0.5) is 0 Å². The molecule has 2 aliphatic rings. The van der Waals surface area contributed by atoms with Crippen LogP contribution in [0, 0.1) is 0 Å². The Morgan fingerprint density at radius 2 is 1.91 bits per heavy atom. The molecule has 10 nitrogen and oxygen atoms in total. The number of nitrogens with one attached hydrogen (secondary N) is 1. The van der Waals surface area contributed by atoms with Gasteiger partial charge in [0, 0.05) is 18.2 Å². The number of nitrogens with zero attached hydrogens (tertiary/aromatic N) is 1. The van der Waals surface area contributed by atoms with Gasteiger partial charge in [-0.1, -0.05) is 19.1 Å². The van der Waals surface area contributed by atoms with E-state index in [9.17, 15) is 24.3 Å². The highest BCUT2D eigenvalue weighted by Crippen LogP contribution is 2.40. The van der Waals surface area contributed by atoms with E-state index in [1.807, 2.05) is 24.3 Å². The fourth-order valence-corrected chi connectivity index (χ4v) is 5.08. The molecule has 11 heteroatoms. The van der Waals surface area contributed by atoms with Crippen molar-refractivity contribution in [1.82, 2.24) is 10.2 Å². The van der Waals surface area contributed by atoms with E-state index in [2.05, 4.69) is 12.2 Å². The minimum atomic E-state index is -1.30. The van der Waals surface area contributed by atoms with Gasteiger partial charge in [0.25, 0.3) is 11.8 Å². The number of fused-ring (bicyclic) bond motifs is 1. The Labute approximate surface area is 205 Å². The molecule has 4 rings (SSSR count). The minimum Gasteiger partial charge on any atom is -0.486 e. The van der Waals surface area contributed by atoms with Crippen molar-refractivity contribution < 1.29 is 38.2 Å². The molecule has 1 fully saturated rings. The topological polar surface area (TPSA) is 135 Å². The molecular formula is C24H24N2O8S. The molecule has 1 aromatic carbocycles. The van der Waals surface area contributed by atoms with Crippen molar-refractivity contribution in [2.45, 2.75) is 38.3 Å². The Morgan fingerprint density at radius 1 is 1.17 bits per heavy atom. The van der Waals surface area contributed by atoms with Gasteiger partial charge in [0.1, 0.15) is 41.8 Å². The highest BCUT2D eigenvalue weighted by molar-refractivity contribution is 8.00. The number of hydrogen-bond donors (Lipinski definition) is 2. The standard InChI is InChI=1S/C24H24N2O8S/c1-3-14-4-6-16(7-5-14)33-11-17-8-9-18(34-17)21(28)25-19-22(29)26-20(24(30)31)15(10-32-13(2)27)12-35-23(19)26/h4-9,19,23H,3,10-12H2,1-2H3,(H,25,28)(H,30,31)/t19-,23-/m1/s1. The molecule has 0 saturated carbocycles. The van der Waals surface area contributed by atoms with Crippen LogP contribution in [0.15, 0.2) is 52.1 Å². The number of esters is 1. The Kier molecular flexibility index (Phi) is 7.15. The Hall–Kier alpha value is -3.73. The predicted molar refractivity (Wildman–Crippen MR) is 125 cm³/mol. The van der Waals surface area contributed by atoms with Crippen molar-refractivity contribution >= 4 is 35.5 Å². The number of rotatable bonds is 9. The summed E-state index contributed by atoms with van der Waals surface area (Å²) in [6, 6.07) is 9.88. The second kappa shape index (κ2) is 10.3. The van der Waals surface area contributed by atoms with Crippen LogP contribution in [0.5, 0.6) is 5.75 Å². The Morgan fingerprint density at radius 3 is 2.57 bits per heavy atom. The molecule has 2 atom stereocenters.